The molecule has 3 aromatic rings. The molecule has 0 atom stereocenters. The topological polar surface area (TPSA) is 60.7 Å². The molecule has 0 aliphatic rings. The second-order valence-electron chi connectivity index (χ2n) is 6.00. The van der Waals surface area contributed by atoms with E-state index >= 15 is 0 Å². The van der Waals surface area contributed by atoms with Crippen LogP contribution in [-0.4, -0.2) is 18.9 Å². The molecule has 0 saturated heterocycles. The van der Waals surface area contributed by atoms with Gasteiger partial charge in [-0.1, -0.05) is 20.8 Å². The highest BCUT2D eigenvalue weighted by atomic mass is 32.1. The zero-order valence-corrected chi connectivity index (χ0v) is 14.0. The number of thiazole rings is 1. The van der Waals surface area contributed by atoms with E-state index in [1.807, 2.05) is 6.92 Å². The second-order valence-corrected chi connectivity index (χ2v) is 7.70. The lowest BCUT2D eigenvalue weighted by atomic mass is 9.93. The van der Waals surface area contributed by atoms with Gasteiger partial charge in [-0.2, -0.15) is 4.37 Å². The summed E-state index contributed by atoms with van der Waals surface area (Å²) in [7, 11) is 0. The standard InChI is InChI=1S/C14H16N4OS2/c1-8-11-12(21-17-8)15-7-18(13(11)19)5-10-16-9(6-20-10)14(2,3)4/h6-7H,5H2,1-4H3. The molecule has 7 heteroatoms. The summed E-state index contributed by atoms with van der Waals surface area (Å²) in [6.45, 7) is 8.69. The molecule has 0 saturated carbocycles. The summed E-state index contributed by atoms with van der Waals surface area (Å²) in [6, 6.07) is 0. The van der Waals surface area contributed by atoms with Crippen molar-refractivity contribution in [1.29, 1.82) is 0 Å². The molecule has 21 heavy (non-hydrogen) atoms. The normalized spacial score (nSPS) is 12.2. The Balaban J connectivity index is 1.99. The first-order chi connectivity index (χ1) is 9.86. The van der Waals surface area contributed by atoms with Gasteiger partial charge < -0.3 is 0 Å². The Morgan fingerprint density at radius 2 is 2.10 bits per heavy atom. The van der Waals surface area contributed by atoms with Gasteiger partial charge in [-0.3, -0.25) is 9.36 Å². The van der Waals surface area contributed by atoms with E-state index in [9.17, 15) is 4.79 Å². The van der Waals surface area contributed by atoms with E-state index in [0.29, 0.717) is 16.8 Å². The van der Waals surface area contributed by atoms with Crippen LogP contribution in [0.4, 0.5) is 0 Å². The van der Waals surface area contributed by atoms with Gasteiger partial charge >= 0.3 is 0 Å². The predicted octanol–water partition coefficient (Wildman–Crippen LogP) is 2.96. The van der Waals surface area contributed by atoms with E-state index in [1.165, 1.54) is 11.5 Å². The number of fused-ring (bicyclic) bond motifs is 1. The van der Waals surface area contributed by atoms with E-state index in [0.717, 1.165) is 16.4 Å². The van der Waals surface area contributed by atoms with Crippen LogP contribution in [0.2, 0.25) is 0 Å². The number of nitrogens with zero attached hydrogens (tertiary/aromatic N) is 4. The SMILES string of the molecule is Cc1nsc2ncn(Cc3nc(C(C)(C)C)cs3)c(=O)c12. The minimum Gasteiger partial charge on any atom is -0.292 e. The van der Waals surface area contributed by atoms with E-state index < -0.39 is 0 Å². The van der Waals surface area contributed by atoms with E-state index in [4.69, 9.17) is 0 Å². The average molecular weight is 320 g/mol. The Bertz CT molecular complexity index is 854. The van der Waals surface area contributed by atoms with Crippen molar-refractivity contribution < 1.29 is 0 Å². The lowest BCUT2D eigenvalue weighted by Crippen LogP contribution is -2.21. The fourth-order valence-electron chi connectivity index (χ4n) is 2.00. The van der Waals surface area contributed by atoms with Crippen LogP contribution in [0.1, 0.15) is 37.2 Å². The minimum absolute atomic E-state index is 0.0236. The van der Waals surface area contributed by atoms with Crippen LogP contribution in [-0.2, 0) is 12.0 Å². The molecule has 0 bridgehead atoms. The molecule has 3 rings (SSSR count). The first-order valence-corrected chi connectivity index (χ1v) is 8.28. The fraction of sp³-hybridized carbons (Fsp3) is 0.429. The van der Waals surface area contributed by atoms with Gasteiger partial charge in [0, 0.05) is 10.8 Å². The monoisotopic (exact) mass is 320 g/mol. The van der Waals surface area contributed by atoms with Gasteiger partial charge in [0.05, 0.1) is 29.6 Å². The molecule has 0 unspecified atom stereocenters. The van der Waals surface area contributed by atoms with Crippen molar-refractivity contribution in [1.82, 2.24) is 18.9 Å². The van der Waals surface area contributed by atoms with E-state index in [1.54, 1.807) is 22.2 Å². The molecule has 0 amide bonds. The lowest BCUT2D eigenvalue weighted by Gasteiger charge is -2.14. The molecule has 0 aliphatic carbocycles. The molecular formula is C14H16N4OS2. The van der Waals surface area contributed by atoms with Crippen LogP contribution in [0.25, 0.3) is 10.2 Å². The molecule has 0 fully saturated rings. The summed E-state index contributed by atoms with van der Waals surface area (Å²) in [5.74, 6) is 0. The zero-order valence-electron chi connectivity index (χ0n) is 12.4. The third kappa shape index (κ3) is 2.63. The molecular weight excluding hydrogens is 304 g/mol. The van der Waals surface area contributed by atoms with Crippen molar-refractivity contribution in [2.45, 2.75) is 39.7 Å². The summed E-state index contributed by atoms with van der Waals surface area (Å²) in [6.07, 6.45) is 1.58. The number of rotatable bonds is 2. The molecule has 0 spiro atoms. The average Bonchev–Trinajstić information content (AvgIpc) is 3.00. The summed E-state index contributed by atoms with van der Waals surface area (Å²) in [4.78, 5) is 22.1. The van der Waals surface area contributed by atoms with Crippen molar-refractivity contribution in [3.8, 4) is 0 Å². The first-order valence-electron chi connectivity index (χ1n) is 6.62. The van der Waals surface area contributed by atoms with Gasteiger partial charge in [-0.05, 0) is 18.5 Å². The van der Waals surface area contributed by atoms with Crippen LogP contribution in [0, 0.1) is 6.92 Å². The molecule has 0 aromatic carbocycles. The lowest BCUT2D eigenvalue weighted by molar-refractivity contribution is 0.569. The highest BCUT2D eigenvalue weighted by Gasteiger charge is 2.18. The maximum atomic E-state index is 12.5. The quantitative estimate of drug-likeness (QED) is 0.728. The van der Waals surface area contributed by atoms with Crippen molar-refractivity contribution in [2.24, 2.45) is 0 Å². The van der Waals surface area contributed by atoms with Gasteiger partial charge in [-0.15, -0.1) is 11.3 Å². The van der Waals surface area contributed by atoms with Crippen molar-refractivity contribution in [3.63, 3.8) is 0 Å². The molecule has 110 valence electrons. The maximum Gasteiger partial charge on any atom is 0.264 e. The van der Waals surface area contributed by atoms with Crippen molar-refractivity contribution >= 4 is 33.1 Å². The molecule has 0 N–H and O–H groups in total. The van der Waals surface area contributed by atoms with Crippen LogP contribution >= 0.6 is 22.9 Å². The van der Waals surface area contributed by atoms with Gasteiger partial charge in [0.1, 0.15) is 5.01 Å². The fourth-order valence-corrected chi connectivity index (χ4v) is 3.75. The Morgan fingerprint density at radius 3 is 2.76 bits per heavy atom. The summed E-state index contributed by atoms with van der Waals surface area (Å²) in [5, 5.41) is 3.60. The number of aryl methyl sites for hydroxylation is 1. The minimum atomic E-state index is -0.0428. The highest BCUT2D eigenvalue weighted by molar-refractivity contribution is 7.12. The van der Waals surface area contributed by atoms with Crippen LogP contribution in [0.5, 0.6) is 0 Å². The van der Waals surface area contributed by atoms with Gasteiger partial charge in [0.15, 0.2) is 4.83 Å². The molecule has 3 heterocycles. The van der Waals surface area contributed by atoms with Crippen LogP contribution < -0.4 is 5.56 Å². The van der Waals surface area contributed by atoms with Crippen LogP contribution in [0.3, 0.4) is 0 Å². The van der Waals surface area contributed by atoms with E-state index in [-0.39, 0.29) is 11.0 Å². The second kappa shape index (κ2) is 4.99. The maximum absolute atomic E-state index is 12.5. The molecule has 0 aliphatic heterocycles. The van der Waals surface area contributed by atoms with Crippen LogP contribution in [0.15, 0.2) is 16.5 Å². The summed E-state index contributed by atoms with van der Waals surface area (Å²) in [5.41, 5.74) is 1.78. The van der Waals surface area contributed by atoms with Crippen molar-refractivity contribution in [3.05, 3.63) is 38.5 Å². The van der Waals surface area contributed by atoms with Gasteiger partial charge in [-0.25, -0.2) is 9.97 Å². The molecule has 0 radical (unpaired) electrons. The number of hydrogen-bond donors (Lipinski definition) is 0. The highest BCUT2D eigenvalue weighted by Crippen LogP contribution is 2.24. The first kappa shape index (κ1) is 14.3. The predicted molar refractivity (Wildman–Crippen MR) is 86.3 cm³/mol. The number of aromatic nitrogens is 4. The molecule has 3 aromatic heterocycles. The largest absolute Gasteiger partial charge is 0.292 e. The number of hydrogen-bond acceptors (Lipinski definition) is 6. The Hall–Kier alpha value is -1.60. The third-order valence-electron chi connectivity index (χ3n) is 3.26. The van der Waals surface area contributed by atoms with E-state index in [2.05, 4.69) is 40.5 Å². The van der Waals surface area contributed by atoms with Gasteiger partial charge in [0.2, 0.25) is 0 Å². The summed E-state index contributed by atoms with van der Waals surface area (Å²) >= 11 is 2.84. The third-order valence-corrected chi connectivity index (χ3v) is 4.94. The van der Waals surface area contributed by atoms with Crippen molar-refractivity contribution in [2.75, 3.05) is 0 Å². The Labute approximate surface area is 130 Å². The zero-order chi connectivity index (χ0) is 15.2. The smallest absolute Gasteiger partial charge is 0.264 e. The van der Waals surface area contributed by atoms with Gasteiger partial charge in [0.25, 0.3) is 5.56 Å². The Morgan fingerprint density at radius 1 is 1.33 bits per heavy atom. The summed E-state index contributed by atoms with van der Waals surface area (Å²) < 4.78 is 5.80. The Kier molecular flexibility index (Phi) is 3.41. The molecule has 5 nitrogen and oxygen atoms in total.